The largest absolute Gasteiger partial charge is 0.452 e. The summed E-state index contributed by atoms with van der Waals surface area (Å²) in [5.74, 6) is -1.36. The predicted octanol–water partition coefficient (Wildman–Crippen LogP) is 4.63. The van der Waals surface area contributed by atoms with Gasteiger partial charge in [-0.2, -0.15) is 0 Å². The number of benzene rings is 3. The molecule has 4 nitrogen and oxygen atoms in total. The van der Waals surface area contributed by atoms with E-state index in [4.69, 9.17) is 4.74 Å². The molecule has 3 aromatic carbocycles. The Bertz CT molecular complexity index is 887. The molecule has 29 heavy (non-hydrogen) atoms. The van der Waals surface area contributed by atoms with E-state index in [9.17, 15) is 9.59 Å². The van der Waals surface area contributed by atoms with E-state index in [2.05, 4.69) is 5.32 Å². The number of carbonyl (C=O) groups excluding carboxylic acids is 2. The van der Waals surface area contributed by atoms with E-state index >= 15 is 0 Å². The molecule has 0 saturated carbocycles. The summed E-state index contributed by atoms with van der Waals surface area (Å²) in [6, 6.07) is 28.4. The Morgan fingerprint density at radius 3 is 1.55 bits per heavy atom. The molecular weight excluding hydrogens is 362 g/mol. The molecule has 0 radical (unpaired) electrons. The van der Waals surface area contributed by atoms with Crippen LogP contribution >= 0.6 is 0 Å². The summed E-state index contributed by atoms with van der Waals surface area (Å²) >= 11 is 0. The van der Waals surface area contributed by atoms with E-state index in [0.29, 0.717) is 0 Å². The minimum Gasteiger partial charge on any atom is -0.452 e. The van der Waals surface area contributed by atoms with Gasteiger partial charge in [0.1, 0.15) is 5.92 Å². The Morgan fingerprint density at radius 1 is 0.690 bits per heavy atom. The highest BCUT2D eigenvalue weighted by molar-refractivity contribution is 5.87. The summed E-state index contributed by atoms with van der Waals surface area (Å²) in [7, 11) is 0. The standard InChI is InChI=1S/C25H25NO3/c1-18(20-12-6-3-7-13-20)26-24(27)19(2)29-25(28)23(21-14-8-4-9-15-21)22-16-10-5-11-17-22/h3-19,23H,1-2H3,(H,26,27). The SMILES string of the molecule is CC(OC(=O)C(c1ccccc1)c1ccccc1)C(=O)NC(C)c1ccccc1. The Morgan fingerprint density at radius 2 is 1.10 bits per heavy atom. The van der Waals surface area contributed by atoms with Crippen LogP contribution in [0.1, 0.15) is 42.5 Å². The van der Waals surface area contributed by atoms with Gasteiger partial charge in [-0.1, -0.05) is 91.0 Å². The van der Waals surface area contributed by atoms with Crippen LogP contribution in [0.15, 0.2) is 91.0 Å². The van der Waals surface area contributed by atoms with Gasteiger partial charge in [0.15, 0.2) is 6.10 Å². The van der Waals surface area contributed by atoms with E-state index < -0.39 is 18.0 Å². The van der Waals surface area contributed by atoms with Gasteiger partial charge in [0.25, 0.3) is 5.91 Å². The molecule has 148 valence electrons. The zero-order valence-electron chi connectivity index (χ0n) is 16.6. The number of carbonyl (C=O) groups is 2. The van der Waals surface area contributed by atoms with E-state index in [1.54, 1.807) is 6.92 Å². The third-order valence-electron chi connectivity index (χ3n) is 4.82. The molecule has 0 aliphatic carbocycles. The number of esters is 1. The van der Waals surface area contributed by atoms with Crippen molar-refractivity contribution in [2.24, 2.45) is 0 Å². The summed E-state index contributed by atoms with van der Waals surface area (Å²) in [5, 5.41) is 2.90. The summed E-state index contributed by atoms with van der Waals surface area (Å²) in [5.41, 5.74) is 2.65. The number of rotatable bonds is 7. The molecule has 2 atom stereocenters. The maximum Gasteiger partial charge on any atom is 0.318 e. The lowest BCUT2D eigenvalue weighted by atomic mass is 9.91. The first-order valence-electron chi connectivity index (χ1n) is 9.72. The van der Waals surface area contributed by atoms with E-state index in [0.717, 1.165) is 16.7 Å². The molecule has 1 N–H and O–H groups in total. The molecule has 0 fully saturated rings. The molecule has 0 aromatic heterocycles. The highest BCUT2D eigenvalue weighted by Crippen LogP contribution is 2.26. The van der Waals surface area contributed by atoms with Crippen molar-refractivity contribution < 1.29 is 14.3 Å². The highest BCUT2D eigenvalue weighted by atomic mass is 16.5. The van der Waals surface area contributed by atoms with Crippen molar-refractivity contribution in [3.8, 4) is 0 Å². The first kappa shape index (κ1) is 20.3. The second-order valence-corrected chi connectivity index (χ2v) is 6.97. The molecule has 0 aliphatic rings. The first-order chi connectivity index (χ1) is 14.1. The van der Waals surface area contributed by atoms with Crippen molar-refractivity contribution in [1.82, 2.24) is 5.32 Å². The van der Waals surface area contributed by atoms with Crippen LogP contribution in [0.5, 0.6) is 0 Å². The van der Waals surface area contributed by atoms with Crippen molar-refractivity contribution in [1.29, 1.82) is 0 Å². The zero-order valence-corrected chi connectivity index (χ0v) is 16.6. The van der Waals surface area contributed by atoms with Gasteiger partial charge in [0.05, 0.1) is 6.04 Å². The Balaban J connectivity index is 1.71. The second kappa shape index (κ2) is 9.69. The Hall–Kier alpha value is -3.40. The minimum absolute atomic E-state index is 0.177. The molecular formula is C25H25NO3. The van der Waals surface area contributed by atoms with Crippen molar-refractivity contribution in [2.75, 3.05) is 0 Å². The van der Waals surface area contributed by atoms with Crippen molar-refractivity contribution >= 4 is 11.9 Å². The smallest absolute Gasteiger partial charge is 0.318 e. The third kappa shape index (κ3) is 5.32. The van der Waals surface area contributed by atoms with Crippen LogP contribution < -0.4 is 5.32 Å². The average Bonchev–Trinajstić information content (AvgIpc) is 2.76. The quantitative estimate of drug-likeness (QED) is 0.602. The van der Waals surface area contributed by atoms with Gasteiger partial charge < -0.3 is 10.1 Å². The molecule has 0 saturated heterocycles. The molecule has 1 amide bonds. The van der Waals surface area contributed by atoms with Gasteiger partial charge in [0, 0.05) is 0 Å². The van der Waals surface area contributed by atoms with Crippen molar-refractivity contribution in [2.45, 2.75) is 31.9 Å². The normalized spacial score (nSPS) is 12.8. The van der Waals surface area contributed by atoms with Gasteiger partial charge >= 0.3 is 5.97 Å². The molecule has 2 unspecified atom stereocenters. The summed E-state index contributed by atoms with van der Waals surface area (Å²) < 4.78 is 5.57. The van der Waals surface area contributed by atoms with Gasteiger partial charge in [0.2, 0.25) is 0 Å². The lowest BCUT2D eigenvalue weighted by Gasteiger charge is -2.21. The van der Waals surface area contributed by atoms with Crippen LogP contribution in [-0.4, -0.2) is 18.0 Å². The zero-order chi connectivity index (χ0) is 20.6. The van der Waals surface area contributed by atoms with Crippen LogP contribution in [0.25, 0.3) is 0 Å². The fourth-order valence-corrected chi connectivity index (χ4v) is 3.21. The highest BCUT2D eigenvalue weighted by Gasteiger charge is 2.28. The summed E-state index contributed by atoms with van der Waals surface area (Å²) in [6.07, 6.45) is -0.899. The lowest BCUT2D eigenvalue weighted by Crippen LogP contribution is -2.38. The maximum absolute atomic E-state index is 13.0. The van der Waals surface area contributed by atoms with Crippen molar-refractivity contribution in [3.05, 3.63) is 108 Å². The fraction of sp³-hybridized carbons (Fsp3) is 0.200. The molecule has 4 heteroatoms. The molecule has 0 spiro atoms. The maximum atomic E-state index is 13.0. The van der Waals surface area contributed by atoms with Crippen molar-refractivity contribution in [3.63, 3.8) is 0 Å². The molecule has 0 heterocycles. The Labute approximate surface area is 171 Å². The van der Waals surface area contributed by atoms with E-state index in [1.807, 2.05) is 97.9 Å². The third-order valence-corrected chi connectivity index (χ3v) is 4.82. The predicted molar refractivity (Wildman–Crippen MR) is 113 cm³/mol. The number of hydrogen-bond donors (Lipinski definition) is 1. The molecule has 3 aromatic rings. The summed E-state index contributed by atoms with van der Waals surface area (Å²) in [6.45, 7) is 3.50. The van der Waals surface area contributed by atoms with Crippen LogP contribution in [0.2, 0.25) is 0 Å². The molecule has 0 aliphatic heterocycles. The number of nitrogens with one attached hydrogen (secondary N) is 1. The minimum atomic E-state index is -0.899. The monoisotopic (exact) mass is 387 g/mol. The molecule has 3 rings (SSSR count). The van der Waals surface area contributed by atoms with E-state index in [1.165, 1.54) is 0 Å². The van der Waals surface area contributed by atoms with Crippen LogP contribution in [-0.2, 0) is 14.3 Å². The first-order valence-corrected chi connectivity index (χ1v) is 9.72. The van der Waals surface area contributed by atoms with Gasteiger partial charge in [-0.25, -0.2) is 0 Å². The lowest BCUT2D eigenvalue weighted by molar-refractivity contribution is -0.155. The van der Waals surface area contributed by atoms with E-state index in [-0.39, 0.29) is 11.9 Å². The topological polar surface area (TPSA) is 55.4 Å². The number of hydrogen-bond acceptors (Lipinski definition) is 3. The van der Waals surface area contributed by atoms with Crippen LogP contribution in [0.3, 0.4) is 0 Å². The van der Waals surface area contributed by atoms with Gasteiger partial charge in [-0.3, -0.25) is 9.59 Å². The van der Waals surface area contributed by atoms with Crippen LogP contribution in [0.4, 0.5) is 0 Å². The van der Waals surface area contributed by atoms with Gasteiger partial charge in [-0.15, -0.1) is 0 Å². The fourth-order valence-electron chi connectivity index (χ4n) is 3.21. The van der Waals surface area contributed by atoms with Crippen LogP contribution in [0, 0.1) is 0 Å². The van der Waals surface area contributed by atoms with Gasteiger partial charge in [-0.05, 0) is 30.5 Å². The number of amides is 1. The molecule has 0 bridgehead atoms. The summed E-state index contributed by atoms with van der Waals surface area (Å²) in [4.78, 5) is 25.6. The number of ether oxygens (including phenoxy) is 1. The average molecular weight is 387 g/mol. The Kier molecular flexibility index (Phi) is 6.80. The second-order valence-electron chi connectivity index (χ2n) is 6.97.